The third-order valence-corrected chi connectivity index (χ3v) is 6.19. The average Bonchev–Trinajstić information content (AvgIpc) is 3.25. The molecule has 1 amide bonds. The quantitative estimate of drug-likeness (QED) is 0.540. The summed E-state index contributed by atoms with van der Waals surface area (Å²) in [5, 5.41) is 3.54. The number of ether oxygens (including phenoxy) is 2. The zero-order chi connectivity index (χ0) is 23.6. The van der Waals surface area contributed by atoms with Gasteiger partial charge in [0.1, 0.15) is 16.9 Å². The van der Waals surface area contributed by atoms with E-state index >= 15 is 0 Å². The van der Waals surface area contributed by atoms with E-state index in [0.29, 0.717) is 30.1 Å². The van der Waals surface area contributed by atoms with E-state index in [9.17, 15) is 18.0 Å². The Bertz CT molecular complexity index is 1130. The van der Waals surface area contributed by atoms with E-state index < -0.39 is 23.9 Å². The highest BCUT2D eigenvalue weighted by Gasteiger charge is 2.34. The summed E-state index contributed by atoms with van der Waals surface area (Å²) in [7, 11) is 0. The van der Waals surface area contributed by atoms with Crippen molar-refractivity contribution < 1.29 is 27.4 Å². The lowest BCUT2D eigenvalue weighted by Crippen LogP contribution is -2.38. The minimum atomic E-state index is -4.62. The Morgan fingerprint density at radius 1 is 1.21 bits per heavy atom. The van der Waals surface area contributed by atoms with Gasteiger partial charge in [-0.25, -0.2) is 15.0 Å². The molecule has 33 heavy (non-hydrogen) atoms. The summed E-state index contributed by atoms with van der Waals surface area (Å²) < 4.78 is 49.1. The van der Waals surface area contributed by atoms with Gasteiger partial charge in [-0.1, -0.05) is 6.92 Å². The number of benzene rings is 1. The van der Waals surface area contributed by atoms with Gasteiger partial charge >= 0.3 is 6.18 Å². The van der Waals surface area contributed by atoms with Gasteiger partial charge in [0.2, 0.25) is 5.82 Å². The molecule has 1 atom stereocenters. The van der Waals surface area contributed by atoms with E-state index in [1.54, 1.807) is 25.3 Å². The highest BCUT2D eigenvalue weighted by Crippen LogP contribution is 2.31. The van der Waals surface area contributed by atoms with Crippen LogP contribution in [0.3, 0.4) is 0 Å². The maximum absolute atomic E-state index is 13.0. The normalized spacial score (nSPS) is 15.1. The second-order valence-corrected chi connectivity index (χ2v) is 8.66. The first kappa shape index (κ1) is 23.1. The number of thiazole rings is 1. The fraction of sp³-hybridized carbons (Fsp3) is 0.364. The number of amides is 1. The Balaban J connectivity index is 1.56. The zero-order valence-electron chi connectivity index (χ0n) is 17.8. The molecule has 1 N–H and O–H groups in total. The zero-order valence-corrected chi connectivity index (χ0v) is 18.7. The number of aromatic nitrogens is 3. The number of alkyl halides is 3. The van der Waals surface area contributed by atoms with E-state index in [-0.39, 0.29) is 6.10 Å². The van der Waals surface area contributed by atoms with Gasteiger partial charge in [0.25, 0.3) is 5.91 Å². The molecule has 1 unspecified atom stereocenters. The maximum Gasteiger partial charge on any atom is 0.451 e. The molecule has 0 spiro atoms. The molecule has 2 aromatic heterocycles. The van der Waals surface area contributed by atoms with Crippen LogP contribution in [0.4, 0.5) is 13.2 Å². The summed E-state index contributed by atoms with van der Waals surface area (Å²) in [6, 6.07) is 4.56. The first-order valence-electron chi connectivity index (χ1n) is 10.3. The van der Waals surface area contributed by atoms with Crippen LogP contribution in [0.5, 0.6) is 5.75 Å². The van der Waals surface area contributed by atoms with Crippen molar-refractivity contribution in [3.63, 3.8) is 0 Å². The Hall–Kier alpha value is -3.05. The van der Waals surface area contributed by atoms with Crippen LogP contribution in [-0.2, 0) is 17.3 Å². The van der Waals surface area contributed by atoms with Crippen molar-refractivity contribution in [1.29, 1.82) is 0 Å². The van der Waals surface area contributed by atoms with Gasteiger partial charge in [-0.15, -0.1) is 11.3 Å². The van der Waals surface area contributed by atoms with Crippen molar-refractivity contribution in [2.24, 2.45) is 0 Å². The SMILES string of the molecule is CCc1cnc(-c2cc(OC3COC3)cc(C(=O)NC(C)c3cnc(C(F)(F)F)nc3)c2)s1. The van der Waals surface area contributed by atoms with Gasteiger partial charge in [-0.3, -0.25) is 4.79 Å². The number of hydrogen-bond donors (Lipinski definition) is 1. The van der Waals surface area contributed by atoms with E-state index in [1.165, 1.54) is 11.3 Å². The van der Waals surface area contributed by atoms with E-state index in [1.807, 2.05) is 13.0 Å². The number of halogens is 3. The molecular formula is C22H21F3N4O3S. The fourth-order valence-electron chi connectivity index (χ4n) is 3.07. The van der Waals surface area contributed by atoms with Crippen molar-refractivity contribution >= 4 is 17.2 Å². The van der Waals surface area contributed by atoms with Crippen molar-refractivity contribution in [1.82, 2.24) is 20.3 Å². The fourth-order valence-corrected chi connectivity index (χ4v) is 3.91. The number of rotatable bonds is 7. The molecule has 1 aliphatic rings. The standard InChI is InChI=1S/C22H21F3N4O3S/c1-3-18-9-26-20(33-18)14-4-13(5-16(6-14)32-17-10-31-11-17)19(30)29-12(2)15-7-27-21(28-8-15)22(23,24)25/h4-9,12,17H,3,10-11H2,1-2H3,(H,29,30). The van der Waals surface area contributed by atoms with Crippen LogP contribution in [0.25, 0.3) is 10.6 Å². The van der Waals surface area contributed by atoms with Crippen LogP contribution in [-0.4, -0.2) is 40.2 Å². The van der Waals surface area contributed by atoms with Gasteiger partial charge in [0, 0.05) is 40.2 Å². The molecule has 174 valence electrons. The summed E-state index contributed by atoms with van der Waals surface area (Å²) in [6.45, 7) is 4.64. The van der Waals surface area contributed by atoms with Crippen molar-refractivity contribution in [2.45, 2.75) is 38.6 Å². The number of carbonyl (C=O) groups is 1. The molecule has 1 aliphatic heterocycles. The summed E-state index contributed by atoms with van der Waals surface area (Å²) in [6.07, 6.45) is 0.0734. The second-order valence-electron chi connectivity index (χ2n) is 7.54. The molecule has 7 nitrogen and oxygen atoms in total. The van der Waals surface area contributed by atoms with Crippen LogP contribution < -0.4 is 10.1 Å². The van der Waals surface area contributed by atoms with Crippen LogP contribution in [0, 0.1) is 0 Å². The van der Waals surface area contributed by atoms with Crippen molar-refractivity contribution in [3.05, 3.63) is 58.6 Å². The number of carbonyl (C=O) groups excluding carboxylic acids is 1. The number of nitrogens with zero attached hydrogens (tertiary/aromatic N) is 3. The monoisotopic (exact) mass is 478 g/mol. The third-order valence-electron chi connectivity index (χ3n) is 5.00. The molecular weight excluding hydrogens is 457 g/mol. The summed E-state index contributed by atoms with van der Waals surface area (Å²) >= 11 is 1.54. The lowest BCUT2D eigenvalue weighted by molar-refractivity contribution is -0.145. The predicted octanol–water partition coefficient (Wildman–Crippen LogP) is 4.45. The van der Waals surface area contributed by atoms with E-state index in [4.69, 9.17) is 9.47 Å². The summed E-state index contributed by atoms with van der Waals surface area (Å²) in [5.74, 6) is -1.12. The second kappa shape index (κ2) is 9.44. The number of nitrogens with one attached hydrogen (secondary N) is 1. The van der Waals surface area contributed by atoms with Crippen molar-refractivity contribution in [2.75, 3.05) is 13.2 Å². The first-order chi connectivity index (χ1) is 15.7. The Morgan fingerprint density at radius 2 is 1.94 bits per heavy atom. The van der Waals surface area contributed by atoms with Crippen LogP contribution >= 0.6 is 11.3 Å². The van der Waals surface area contributed by atoms with Crippen LogP contribution in [0.2, 0.25) is 0 Å². The van der Waals surface area contributed by atoms with E-state index in [0.717, 1.165) is 34.3 Å². The van der Waals surface area contributed by atoms with Gasteiger partial charge in [0.15, 0.2) is 0 Å². The Morgan fingerprint density at radius 3 is 2.52 bits per heavy atom. The molecule has 4 rings (SSSR count). The Labute approximate surface area is 192 Å². The number of hydrogen-bond acceptors (Lipinski definition) is 7. The van der Waals surface area contributed by atoms with Gasteiger partial charge in [-0.05, 0) is 31.5 Å². The first-order valence-corrected chi connectivity index (χ1v) is 11.1. The lowest BCUT2D eigenvalue weighted by Gasteiger charge is -2.27. The van der Waals surface area contributed by atoms with Crippen molar-refractivity contribution in [3.8, 4) is 16.3 Å². The average molecular weight is 478 g/mol. The molecule has 3 aromatic rings. The van der Waals surface area contributed by atoms with Gasteiger partial charge in [0.05, 0.1) is 19.3 Å². The molecule has 1 fully saturated rings. The largest absolute Gasteiger partial charge is 0.486 e. The predicted molar refractivity (Wildman–Crippen MR) is 115 cm³/mol. The highest BCUT2D eigenvalue weighted by atomic mass is 32.1. The minimum Gasteiger partial charge on any atom is -0.486 e. The third kappa shape index (κ3) is 5.48. The molecule has 0 aliphatic carbocycles. The summed E-state index contributed by atoms with van der Waals surface area (Å²) in [5.41, 5.74) is 1.44. The molecule has 3 heterocycles. The molecule has 1 saturated heterocycles. The topological polar surface area (TPSA) is 86.2 Å². The molecule has 11 heteroatoms. The van der Waals surface area contributed by atoms with Crippen LogP contribution in [0.15, 0.2) is 36.8 Å². The highest BCUT2D eigenvalue weighted by molar-refractivity contribution is 7.15. The minimum absolute atomic E-state index is 0.0816. The molecule has 0 saturated carbocycles. The van der Waals surface area contributed by atoms with Crippen LogP contribution in [0.1, 0.15) is 46.5 Å². The molecule has 0 radical (unpaired) electrons. The number of aryl methyl sites for hydroxylation is 1. The Kier molecular flexibility index (Phi) is 6.61. The van der Waals surface area contributed by atoms with E-state index in [2.05, 4.69) is 20.3 Å². The molecule has 0 bridgehead atoms. The molecule has 1 aromatic carbocycles. The maximum atomic E-state index is 13.0. The summed E-state index contributed by atoms with van der Waals surface area (Å²) in [4.78, 5) is 25.3. The van der Waals surface area contributed by atoms with Gasteiger partial charge in [-0.2, -0.15) is 13.2 Å². The lowest BCUT2D eigenvalue weighted by atomic mass is 10.1. The smallest absolute Gasteiger partial charge is 0.451 e. The van der Waals surface area contributed by atoms with Gasteiger partial charge < -0.3 is 14.8 Å².